The summed E-state index contributed by atoms with van der Waals surface area (Å²) in [4.78, 5) is 15.7. The zero-order valence-electron chi connectivity index (χ0n) is 16.0. The van der Waals surface area contributed by atoms with E-state index in [4.69, 9.17) is 11.6 Å². The Morgan fingerprint density at radius 2 is 1.61 bits per heavy atom. The summed E-state index contributed by atoms with van der Waals surface area (Å²) in [5, 5.41) is 0.703. The van der Waals surface area contributed by atoms with Crippen LogP contribution in [0.1, 0.15) is 47.6 Å². The SMILES string of the molecule is CC[C@H](C(=O)N1CCc2ccccc2[C@@H]1c1ccccc1Cl)c1ccccc1. The smallest absolute Gasteiger partial charge is 0.230 e. The molecule has 0 aromatic heterocycles. The second-order valence-corrected chi connectivity index (χ2v) is 7.68. The van der Waals surface area contributed by atoms with Crippen LogP contribution >= 0.6 is 11.6 Å². The number of hydrogen-bond donors (Lipinski definition) is 0. The summed E-state index contributed by atoms with van der Waals surface area (Å²) in [5.41, 5.74) is 4.54. The molecule has 0 spiro atoms. The fourth-order valence-electron chi connectivity index (χ4n) is 4.27. The minimum atomic E-state index is -0.149. The fraction of sp³-hybridized carbons (Fsp3) is 0.240. The monoisotopic (exact) mass is 389 g/mol. The lowest BCUT2D eigenvalue weighted by Crippen LogP contribution is -2.43. The van der Waals surface area contributed by atoms with Gasteiger partial charge in [-0.2, -0.15) is 0 Å². The van der Waals surface area contributed by atoms with Crippen LogP contribution in [0.2, 0.25) is 5.02 Å². The molecule has 0 unspecified atom stereocenters. The molecule has 1 amide bonds. The van der Waals surface area contributed by atoms with Crippen molar-refractivity contribution in [3.63, 3.8) is 0 Å². The van der Waals surface area contributed by atoms with E-state index in [1.807, 2.05) is 53.4 Å². The van der Waals surface area contributed by atoms with Gasteiger partial charge in [0.15, 0.2) is 0 Å². The summed E-state index contributed by atoms with van der Waals surface area (Å²) in [6.45, 7) is 2.78. The first-order valence-electron chi connectivity index (χ1n) is 9.88. The minimum absolute atomic E-state index is 0.142. The van der Waals surface area contributed by atoms with E-state index in [2.05, 4.69) is 37.3 Å². The summed E-state index contributed by atoms with van der Waals surface area (Å²) in [6.07, 6.45) is 1.64. The number of nitrogens with zero attached hydrogens (tertiary/aromatic N) is 1. The van der Waals surface area contributed by atoms with Gasteiger partial charge >= 0.3 is 0 Å². The standard InChI is InChI=1S/C25H24ClNO/c1-2-20(18-10-4-3-5-11-18)25(28)27-17-16-19-12-6-7-13-21(19)24(27)22-14-8-9-15-23(22)26/h3-15,20,24H,2,16-17H2,1H3/t20-,24+/m0/s1. The Labute approximate surface area is 171 Å². The van der Waals surface area contributed by atoms with Crippen LogP contribution in [-0.2, 0) is 11.2 Å². The fourth-order valence-corrected chi connectivity index (χ4v) is 4.51. The normalized spacial score (nSPS) is 17.1. The molecule has 2 nitrogen and oxygen atoms in total. The van der Waals surface area contributed by atoms with Gasteiger partial charge in [0.25, 0.3) is 0 Å². The van der Waals surface area contributed by atoms with Crippen molar-refractivity contribution in [2.24, 2.45) is 0 Å². The number of halogens is 1. The Morgan fingerprint density at radius 3 is 2.32 bits per heavy atom. The first-order valence-corrected chi connectivity index (χ1v) is 10.3. The van der Waals surface area contributed by atoms with Crippen LogP contribution < -0.4 is 0 Å². The van der Waals surface area contributed by atoms with Crippen molar-refractivity contribution in [3.8, 4) is 0 Å². The Bertz CT molecular complexity index is 969. The highest BCUT2D eigenvalue weighted by Crippen LogP contribution is 2.40. The van der Waals surface area contributed by atoms with Crippen molar-refractivity contribution in [2.45, 2.75) is 31.7 Å². The van der Waals surface area contributed by atoms with Gasteiger partial charge in [0.1, 0.15) is 0 Å². The molecule has 1 heterocycles. The van der Waals surface area contributed by atoms with Crippen molar-refractivity contribution in [3.05, 3.63) is 106 Å². The van der Waals surface area contributed by atoms with E-state index < -0.39 is 0 Å². The van der Waals surface area contributed by atoms with Crippen LogP contribution in [0.3, 0.4) is 0 Å². The van der Waals surface area contributed by atoms with E-state index in [-0.39, 0.29) is 17.9 Å². The molecule has 0 N–H and O–H groups in total. The Kier molecular flexibility index (Phi) is 5.50. The van der Waals surface area contributed by atoms with E-state index >= 15 is 0 Å². The number of fused-ring (bicyclic) bond motifs is 1. The maximum atomic E-state index is 13.7. The van der Waals surface area contributed by atoms with Gasteiger partial charge in [0.05, 0.1) is 12.0 Å². The van der Waals surface area contributed by atoms with Crippen LogP contribution in [0.4, 0.5) is 0 Å². The van der Waals surface area contributed by atoms with Crippen LogP contribution in [-0.4, -0.2) is 17.4 Å². The second-order valence-electron chi connectivity index (χ2n) is 7.28. The molecular weight excluding hydrogens is 366 g/mol. The van der Waals surface area contributed by atoms with Gasteiger partial charge in [-0.3, -0.25) is 4.79 Å². The molecule has 0 fully saturated rings. The summed E-state index contributed by atoms with van der Waals surface area (Å²) in [5.74, 6) is 0.0320. The molecule has 0 radical (unpaired) electrons. The zero-order valence-corrected chi connectivity index (χ0v) is 16.8. The van der Waals surface area contributed by atoms with E-state index in [0.717, 1.165) is 24.0 Å². The van der Waals surface area contributed by atoms with Crippen LogP contribution in [0.15, 0.2) is 78.9 Å². The maximum absolute atomic E-state index is 13.7. The average molecular weight is 390 g/mol. The molecule has 0 aliphatic carbocycles. The third-order valence-corrected chi connectivity index (χ3v) is 6.02. The van der Waals surface area contributed by atoms with E-state index in [9.17, 15) is 4.79 Å². The second kappa shape index (κ2) is 8.20. The predicted molar refractivity (Wildman–Crippen MR) is 115 cm³/mol. The minimum Gasteiger partial charge on any atom is -0.331 e. The first-order chi connectivity index (χ1) is 13.7. The van der Waals surface area contributed by atoms with E-state index in [1.165, 1.54) is 11.1 Å². The van der Waals surface area contributed by atoms with Gasteiger partial charge in [-0.05, 0) is 41.2 Å². The first kappa shape index (κ1) is 18.8. The molecule has 3 heteroatoms. The highest BCUT2D eigenvalue weighted by atomic mass is 35.5. The summed E-state index contributed by atoms with van der Waals surface area (Å²) >= 11 is 6.59. The van der Waals surface area contributed by atoms with Crippen molar-refractivity contribution in [1.82, 2.24) is 4.90 Å². The Hall–Kier alpha value is -2.58. The molecule has 0 bridgehead atoms. The third-order valence-electron chi connectivity index (χ3n) is 5.67. The number of rotatable bonds is 4. The largest absolute Gasteiger partial charge is 0.331 e. The average Bonchev–Trinajstić information content (AvgIpc) is 2.74. The number of carbonyl (C=O) groups excluding carboxylic acids is 1. The predicted octanol–water partition coefficient (Wildman–Crippen LogP) is 6.01. The van der Waals surface area contributed by atoms with Gasteiger partial charge < -0.3 is 4.90 Å². The van der Waals surface area contributed by atoms with Gasteiger partial charge in [0, 0.05) is 11.6 Å². The van der Waals surface area contributed by atoms with Crippen molar-refractivity contribution < 1.29 is 4.79 Å². The summed E-state index contributed by atoms with van der Waals surface area (Å²) < 4.78 is 0. The maximum Gasteiger partial charge on any atom is 0.230 e. The lowest BCUT2D eigenvalue weighted by atomic mass is 9.86. The van der Waals surface area contributed by atoms with Crippen molar-refractivity contribution in [1.29, 1.82) is 0 Å². The highest BCUT2D eigenvalue weighted by molar-refractivity contribution is 6.31. The molecule has 142 valence electrons. The molecule has 1 aliphatic rings. The van der Waals surface area contributed by atoms with Crippen LogP contribution in [0.25, 0.3) is 0 Å². The molecule has 3 aromatic carbocycles. The highest BCUT2D eigenvalue weighted by Gasteiger charge is 2.35. The van der Waals surface area contributed by atoms with Gasteiger partial charge in [-0.25, -0.2) is 0 Å². The van der Waals surface area contributed by atoms with Gasteiger partial charge in [-0.1, -0.05) is 91.3 Å². The van der Waals surface area contributed by atoms with Gasteiger partial charge in [-0.15, -0.1) is 0 Å². The molecule has 2 atom stereocenters. The number of amides is 1. The number of benzene rings is 3. The molecule has 4 rings (SSSR count). The molecule has 0 saturated heterocycles. The number of hydrogen-bond acceptors (Lipinski definition) is 1. The van der Waals surface area contributed by atoms with Crippen molar-refractivity contribution in [2.75, 3.05) is 6.54 Å². The van der Waals surface area contributed by atoms with Crippen LogP contribution in [0, 0.1) is 0 Å². The Morgan fingerprint density at radius 1 is 0.964 bits per heavy atom. The number of carbonyl (C=O) groups is 1. The summed E-state index contributed by atoms with van der Waals surface area (Å²) in [6, 6.07) is 26.2. The third kappa shape index (κ3) is 3.45. The van der Waals surface area contributed by atoms with Gasteiger partial charge in [0.2, 0.25) is 5.91 Å². The lowest BCUT2D eigenvalue weighted by Gasteiger charge is -2.40. The van der Waals surface area contributed by atoms with E-state index in [0.29, 0.717) is 11.6 Å². The lowest BCUT2D eigenvalue weighted by molar-refractivity contribution is -0.135. The van der Waals surface area contributed by atoms with Crippen molar-refractivity contribution >= 4 is 17.5 Å². The molecule has 0 saturated carbocycles. The zero-order chi connectivity index (χ0) is 19.5. The molecular formula is C25H24ClNO. The topological polar surface area (TPSA) is 20.3 Å². The molecule has 1 aliphatic heterocycles. The molecule has 28 heavy (non-hydrogen) atoms. The quantitative estimate of drug-likeness (QED) is 0.535. The van der Waals surface area contributed by atoms with E-state index in [1.54, 1.807) is 0 Å². The summed E-state index contributed by atoms with van der Waals surface area (Å²) in [7, 11) is 0. The Balaban J connectivity index is 1.79. The molecule has 3 aromatic rings. The van der Waals surface area contributed by atoms with Crippen LogP contribution in [0.5, 0.6) is 0 Å².